The summed E-state index contributed by atoms with van der Waals surface area (Å²) in [5, 5.41) is 9.53. The summed E-state index contributed by atoms with van der Waals surface area (Å²) < 4.78 is 22.3. The maximum Gasteiger partial charge on any atom is 0.415 e. The van der Waals surface area contributed by atoms with Crippen molar-refractivity contribution in [2.24, 2.45) is 5.73 Å². The minimum Gasteiger partial charge on any atom is -0.477 e. The second-order valence-electron chi connectivity index (χ2n) is 10.1. The van der Waals surface area contributed by atoms with Gasteiger partial charge in [0.05, 0.1) is 28.2 Å². The first-order chi connectivity index (χ1) is 18.6. The number of anilines is 2. The molecule has 2 aliphatic heterocycles. The minimum atomic E-state index is -1.37. The molecule has 1 unspecified atom stereocenters. The zero-order valence-electron chi connectivity index (χ0n) is 20.7. The van der Waals surface area contributed by atoms with Crippen LogP contribution in [0.25, 0.3) is 10.9 Å². The summed E-state index contributed by atoms with van der Waals surface area (Å²) in [5.74, 6) is -2.77. The van der Waals surface area contributed by atoms with Crippen LogP contribution in [0.2, 0.25) is 5.02 Å². The number of benzene rings is 2. The number of fused-ring (bicyclic) bond motifs is 2. The summed E-state index contributed by atoms with van der Waals surface area (Å²) in [6, 6.07) is 6.63. The van der Waals surface area contributed by atoms with Crippen molar-refractivity contribution in [1.82, 2.24) is 4.57 Å². The fraction of sp³-hybridized carbons (Fsp3) is 0.333. The van der Waals surface area contributed by atoms with Gasteiger partial charge in [0.1, 0.15) is 11.4 Å². The number of carbonyl (C=O) groups excluding carboxylic acids is 2. The Labute approximate surface area is 226 Å². The highest BCUT2D eigenvalue weighted by Crippen LogP contribution is 2.42. The summed E-state index contributed by atoms with van der Waals surface area (Å²) in [6.07, 6.45) is 2.37. The van der Waals surface area contributed by atoms with Gasteiger partial charge in [-0.05, 0) is 55.0 Å². The van der Waals surface area contributed by atoms with Crippen LogP contribution < -0.4 is 21.0 Å². The molecule has 39 heavy (non-hydrogen) atoms. The summed E-state index contributed by atoms with van der Waals surface area (Å²) in [5.41, 5.74) is 7.18. The Hall–Kier alpha value is -4.12. The molecule has 1 aromatic heterocycles. The van der Waals surface area contributed by atoms with Gasteiger partial charge in [0.25, 0.3) is 5.91 Å². The summed E-state index contributed by atoms with van der Waals surface area (Å²) in [4.78, 5) is 51.5. The zero-order valence-corrected chi connectivity index (χ0v) is 21.4. The molecule has 3 aromatic rings. The molecule has 2 fully saturated rings. The number of carboxylic acids is 1. The monoisotopic (exact) mass is 554 g/mol. The molecule has 202 valence electrons. The lowest BCUT2D eigenvalue weighted by Gasteiger charge is -2.26. The molecule has 1 saturated heterocycles. The van der Waals surface area contributed by atoms with E-state index in [1.54, 1.807) is 10.6 Å². The molecule has 2 amide bonds. The highest BCUT2D eigenvalue weighted by Gasteiger charge is 2.36. The quantitative estimate of drug-likeness (QED) is 0.494. The Bertz CT molecular complexity index is 1630. The number of halogens is 2. The van der Waals surface area contributed by atoms with Crippen LogP contribution in [0.5, 0.6) is 0 Å². The molecule has 10 nitrogen and oxygen atoms in total. The predicted molar refractivity (Wildman–Crippen MR) is 141 cm³/mol. The molecule has 12 heteroatoms. The first kappa shape index (κ1) is 25.2. The molecule has 1 aliphatic carbocycles. The number of nitrogens with zero attached hydrogens (tertiary/aromatic N) is 3. The topological polar surface area (TPSA) is 135 Å². The number of rotatable bonds is 5. The third-order valence-corrected chi connectivity index (χ3v) is 7.96. The zero-order chi connectivity index (χ0) is 27.6. The molecule has 1 atom stereocenters. The molecule has 3 heterocycles. The van der Waals surface area contributed by atoms with Crippen molar-refractivity contribution in [1.29, 1.82) is 0 Å². The van der Waals surface area contributed by atoms with Crippen molar-refractivity contribution < 1.29 is 28.6 Å². The van der Waals surface area contributed by atoms with Crippen LogP contribution in [0.1, 0.15) is 40.4 Å². The number of nitrogens with two attached hydrogens (primary N) is 1. The van der Waals surface area contributed by atoms with Crippen molar-refractivity contribution >= 4 is 51.8 Å². The van der Waals surface area contributed by atoms with Crippen LogP contribution in [0.4, 0.5) is 20.6 Å². The Balaban J connectivity index is 1.34. The number of aromatic nitrogens is 1. The lowest BCUT2D eigenvalue weighted by Crippen LogP contribution is -2.32. The van der Waals surface area contributed by atoms with E-state index in [2.05, 4.69) is 0 Å². The number of carboxylic acid groups (broad SMARTS) is 1. The van der Waals surface area contributed by atoms with Crippen molar-refractivity contribution in [3.8, 4) is 0 Å². The van der Waals surface area contributed by atoms with Crippen molar-refractivity contribution in [3.63, 3.8) is 0 Å². The van der Waals surface area contributed by atoms with Gasteiger partial charge >= 0.3 is 12.1 Å². The maximum absolute atomic E-state index is 15.6. The van der Waals surface area contributed by atoms with Crippen LogP contribution in [0, 0.1) is 5.82 Å². The predicted octanol–water partition coefficient (Wildman–Crippen LogP) is 3.24. The number of carbonyl (C=O) groups is 3. The summed E-state index contributed by atoms with van der Waals surface area (Å²) in [6.45, 7) is 0.891. The van der Waals surface area contributed by atoms with Crippen LogP contribution in [-0.4, -0.2) is 53.4 Å². The van der Waals surface area contributed by atoms with Crippen LogP contribution in [0.3, 0.4) is 0 Å². The van der Waals surface area contributed by atoms with Crippen molar-refractivity contribution in [2.75, 3.05) is 29.4 Å². The van der Waals surface area contributed by atoms with Gasteiger partial charge in [0.15, 0.2) is 6.10 Å². The minimum absolute atomic E-state index is 0.000241. The van der Waals surface area contributed by atoms with Crippen LogP contribution in [-0.2, 0) is 22.4 Å². The summed E-state index contributed by atoms with van der Waals surface area (Å²) >= 11 is 6.81. The van der Waals surface area contributed by atoms with Gasteiger partial charge in [-0.15, -0.1) is 0 Å². The molecule has 3 N–H and O–H groups in total. The van der Waals surface area contributed by atoms with E-state index < -0.39 is 40.9 Å². The normalized spacial score (nSPS) is 19.1. The van der Waals surface area contributed by atoms with Gasteiger partial charge < -0.3 is 25.0 Å². The number of primary amides is 1. The Morgan fingerprint density at radius 1 is 1.10 bits per heavy atom. The Morgan fingerprint density at radius 3 is 2.46 bits per heavy atom. The fourth-order valence-electron chi connectivity index (χ4n) is 5.44. The van der Waals surface area contributed by atoms with Crippen molar-refractivity contribution in [2.45, 2.75) is 37.8 Å². The SMILES string of the molecule is NC(=O)C1CN(c2ccc3c(c2)CCN(c2c(F)cc4c(=O)c(C(=O)O)cn(C5CC5)c4c2Cl)CC3)C(=O)O1. The lowest BCUT2D eigenvalue weighted by atomic mass is 10.0. The van der Waals surface area contributed by atoms with E-state index in [0.717, 1.165) is 30.0 Å². The average Bonchev–Trinajstić information content (AvgIpc) is 3.69. The molecule has 0 bridgehead atoms. The number of amides is 2. The van der Waals surface area contributed by atoms with Gasteiger partial charge in [-0.25, -0.2) is 14.0 Å². The average molecular weight is 555 g/mol. The van der Waals surface area contributed by atoms with E-state index in [1.165, 1.54) is 11.1 Å². The number of ether oxygens (including phenoxy) is 1. The standard InChI is InChI=1S/C27H24ClFN4O6/c28-21-22-17(24(34)18(26(36)37)11-32(22)15-3-4-15)10-19(29)23(21)31-7-5-13-1-2-16(9-14(13)6-8-31)33-12-20(25(30)35)39-27(33)38/h1-2,9-11,15,20H,3-8,12H2,(H2,30,35)(H,36,37). The molecular weight excluding hydrogens is 531 g/mol. The smallest absolute Gasteiger partial charge is 0.415 e. The molecule has 6 rings (SSSR count). The summed E-state index contributed by atoms with van der Waals surface area (Å²) in [7, 11) is 0. The van der Waals surface area contributed by atoms with E-state index >= 15 is 4.39 Å². The maximum atomic E-state index is 15.6. The van der Waals surface area contributed by atoms with Gasteiger partial charge in [-0.2, -0.15) is 0 Å². The van der Waals surface area contributed by atoms with Crippen LogP contribution >= 0.6 is 11.6 Å². The van der Waals surface area contributed by atoms with Gasteiger partial charge in [-0.3, -0.25) is 14.5 Å². The molecule has 0 spiro atoms. The van der Waals surface area contributed by atoms with Crippen molar-refractivity contribution in [3.05, 3.63) is 68.2 Å². The highest BCUT2D eigenvalue weighted by atomic mass is 35.5. The number of hydrogen-bond donors (Lipinski definition) is 2. The number of hydrogen-bond acceptors (Lipinski definition) is 6. The van der Waals surface area contributed by atoms with Gasteiger partial charge in [-0.1, -0.05) is 17.7 Å². The molecule has 3 aliphatic rings. The first-order valence-corrected chi connectivity index (χ1v) is 13.0. The van der Waals surface area contributed by atoms with Gasteiger partial charge in [0.2, 0.25) is 5.43 Å². The largest absolute Gasteiger partial charge is 0.477 e. The number of pyridine rings is 1. The Kier molecular flexibility index (Phi) is 5.98. The Morgan fingerprint density at radius 2 is 1.82 bits per heavy atom. The van der Waals surface area contributed by atoms with E-state index in [1.807, 2.05) is 17.0 Å². The van der Waals surface area contributed by atoms with Gasteiger partial charge in [0, 0.05) is 31.0 Å². The first-order valence-electron chi connectivity index (χ1n) is 12.6. The second kappa shape index (κ2) is 9.26. The fourth-order valence-corrected chi connectivity index (χ4v) is 5.85. The lowest BCUT2D eigenvalue weighted by molar-refractivity contribution is -0.124. The van der Waals surface area contributed by atoms with E-state index in [4.69, 9.17) is 22.1 Å². The second-order valence-corrected chi connectivity index (χ2v) is 10.4. The molecule has 1 saturated carbocycles. The van der Waals surface area contributed by atoms with E-state index in [0.29, 0.717) is 37.1 Å². The third-order valence-electron chi connectivity index (χ3n) is 7.60. The highest BCUT2D eigenvalue weighted by molar-refractivity contribution is 6.38. The third kappa shape index (κ3) is 4.26. The van der Waals surface area contributed by atoms with Crippen LogP contribution in [0.15, 0.2) is 35.3 Å². The molecule has 0 radical (unpaired) electrons. The number of cyclic esters (lactones) is 1. The molecule has 2 aromatic carbocycles. The van der Waals surface area contributed by atoms with E-state index in [9.17, 15) is 24.3 Å². The van der Waals surface area contributed by atoms with E-state index in [-0.39, 0.29) is 28.7 Å². The molecular formula is C27H24ClFN4O6. The number of aromatic carboxylic acids is 1.